The molecule has 0 atom stereocenters. The number of rotatable bonds is 5. The first-order valence-electron chi connectivity index (χ1n) is 20.1. The van der Waals surface area contributed by atoms with E-state index in [1.165, 1.54) is 16.5 Å². The van der Waals surface area contributed by atoms with Crippen LogP contribution >= 0.6 is 0 Å². The second-order valence-electron chi connectivity index (χ2n) is 15.3. The SMILES string of the molecule is C1=Cc2cc(-c3nc(-c4ccc(-c5ccc6oc7ccc8c(-c9ccccc9)nc9ccccc9c8c7c6c5)cc4)nc(-c4ccc5ccccc5c4)n3)ccc2CC1. The zero-order valence-electron chi connectivity index (χ0n) is 31.9. The van der Waals surface area contributed by atoms with Crippen LogP contribution in [0, 0.1) is 0 Å². The van der Waals surface area contributed by atoms with Crippen molar-refractivity contribution in [2.75, 3.05) is 0 Å². The summed E-state index contributed by atoms with van der Waals surface area (Å²) in [6.07, 6.45) is 6.57. The number of pyridine rings is 1. The van der Waals surface area contributed by atoms with Gasteiger partial charge in [0.15, 0.2) is 17.5 Å². The number of hydrogen-bond acceptors (Lipinski definition) is 5. The molecule has 3 heterocycles. The van der Waals surface area contributed by atoms with E-state index in [-0.39, 0.29) is 0 Å². The van der Waals surface area contributed by atoms with Gasteiger partial charge in [0.1, 0.15) is 11.2 Å². The van der Waals surface area contributed by atoms with Crippen molar-refractivity contribution in [3.8, 4) is 56.5 Å². The summed E-state index contributed by atoms with van der Waals surface area (Å²) in [4.78, 5) is 20.4. The fourth-order valence-corrected chi connectivity index (χ4v) is 8.77. The molecule has 59 heavy (non-hydrogen) atoms. The van der Waals surface area contributed by atoms with Gasteiger partial charge in [-0.25, -0.2) is 19.9 Å². The molecule has 5 heteroatoms. The Kier molecular flexibility index (Phi) is 7.60. The lowest BCUT2D eigenvalue weighted by Crippen LogP contribution is -2.01. The van der Waals surface area contributed by atoms with Crippen molar-refractivity contribution in [1.29, 1.82) is 0 Å². The van der Waals surface area contributed by atoms with Gasteiger partial charge in [-0.2, -0.15) is 0 Å². The minimum absolute atomic E-state index is 0.635. The van der Waals surface area contributed by atoms with Crippen LogP contribution in [0.1, 0.15) is 17.5 Å². The standard InChI is InChI=1S/C54H34N4O/c1-2-12-36(13-3-1)51-44-27-29-48-50(49(44)43-16-8-9-17-46(43)55-51)45-32-40(26-28-47(45)59-48)35-18-22-37(23-19-35)52-56-53(41-24-20-33-10-4-6-14-38(33)30-41)58-54(57-52)42-25-21-34-11-5-7-15-39(34)31-42/h1-4,6-10,12-32H,5,11H2. The van der Waals surface area contributed by atoms with Crippen molar-refractivity contribution >= 4 is 60.5 Å². The van der Waals surface area contributed by atoms with Crippen LogP contribution in [-0.2, 0) is 6.42 Å². The van der Waals surface area contributed by atoms with E-state index in [2.05, 4.69) is 176 Å². The van der Waals surface area contributed by atoms with Crippen molar-refractivity contribution in [2.24, 2.45) is 0 Å². The zero-order valence-corrected chi connectivity index (χ0v) is 31.9. The topological polar surface area (TPSA) is 64.7 Å². The Hall–Kier alpha value is -7.76. The van der Waals surface area contributed by atoms with E-state index in [0.717, 1.165) is 101 Å². The quantitative estimate of drug-likeness (QED) is 0.164. The highest BCUT2D eigenvalue weighted by Gasteiger charge is 2.19. The Bertz CT molecular complexity index is 3490. The number of allylic oxidation sites excluding steroid dienone is 1. The van der Waals surface area contributed by atoms with Crippen LogP contribution < -0.4 is 0 Å². The van der Waals surface area contributed by atoms with Gasteiger partial charge in [0.25, 0.3) is 0 Å². The maximum atomic E-state index is 6.53. The lowest BCUT2D eigenvalue weighted by atomic mass is 9.95. The Morgan fingerprint density at radius 3 is 1.95 bits per heavy atom. The van der Waals surface area contributed by atoms with Gasteiger partial charge >= 0.3 is 0 Å². The van der Waals surface area contributed by atoms with Crippen LogP contribution in [-0.4, -0.2) is 19.9 Å². The lowest BCUT2D eigenvalue weighted by Gasteiger charge is -2.13. The van der Waals surface area contributed by atoms with E-state index < -0.39 is 0 Å². The number of hydrogen-bond donors (Lipinski definition) is 0. The van der Waals surface area contributed by atoms with Crippen molar-refractivity contribution in [3.63, 3.8) is 0 Å². The number of nitrogens with zero attached hydrogens (tertiary/aromatic N) is 4. The van der Waals surface area contributed by atoms with E-state index in [1.54, 1.807) is 0 Å². The summed E-state index contributed by atoms with van der Waals surface area (Å²) in [7, 11) is 0. The normalized spacial score (nSPS) is 12.5. The average molecular weight is 755 g/mol. The summed E-state index contributed by atoms with van der Waals surface area (Å²) in [5, 5.41) is 7.87. The molecule has 0 bridgehead atoms. The molecule has 0 radical (unpaired) electrons. The second-order valence-corrected chi connectivity index (χ2v) is 15.3. The number of fused-ring (bicyclic) bond motifs is 9. The van der Waals surface area contributed by atoms with Crippen LogP contribution in [0.5, 0.6) is 0 Å². The predicted octanol–water partition coefficient (Wildman–Crippen LogP) is 13.9. The number of furan rings is 1. The van der Waals surface area contributed by atoms with Crippen molar-refractivity contribution < 1.29 is 4.42 Å². The van der Waals surface area contributed by atoms with Crippen LogP contribution in [0.15, 0.2) is 180 Å². The van der Waals surface area contributed by atoms with Gasteiger partial charge in [0, 0.05) is 49.2 Å². The molecule has 1 aliphatic carbocycles. The Labute approximate surface area is 340 Å². The lowest BCUT2D eigenvalue weighted by molar-refractivity contribution is 0.669. The monoisotopic (exact) mass is 754 g/mol. The Balaban J connectivity index is 0.982. The zero-order chi connectivity index (χ0) is 38.9. The van der Waals surface area contributed by atoms with Gasteiger partial charge in [0.2, 0.25) is 0 Å². The number of benzene rings is 8. The van der Waals surface area contributed by atoms with Gasteiger partial charge in [-0.3, -0.25) is 0 Å². The molecule has 0 fully saturated rings. The van der Waals surface area contributed by atoms with Crippen LogP contribution in [0.2, 0.25) is 0 Å². The summed E-state index contributed by atoms with van der Waals surface area (Å²) >= 11 is 0. The third-order valence-corrected chi connectivity index (χ3v) is 11.7. The van der Waals surface area contributed by atoms with E-state index >= 15 is 0 Å². The molecule has 3 aromatic heterocycles. The van der Waals surface area contributed by atoms with Crippen molar-refractivity contribution in [2.45, 2.75) is 12.8 Å². The maximum Gasteiger partial charge on any atom is 0.164 e. The molecular formula is C54H34N4O. The van der Waals surface area contributed by atoms with E-state index in [0.29, 0.717) is 17.5 Å². The largest absolute Gasteiger partial charge is 0.456 e. The van der Waals surface area contributed by atoms with Gasteiger partial charge in [-0.05, 0) is 88.3 Å². The molecule has 11 aromatic rings. The molecule has 0 N–H and O–H groups in total. The summed E-state index contributed by atoms with van der Waals surface area (Å²) in [6, 6.07) is 59.5. The highest BCUT2D eigenvalue weighted by Crippen LogP contribution is 2.42. The molecule has 0 saturated carbocycles. The second kappa shape index (κ2) is 13.4. The number of aromatic nitrogens is 4. The fourth-order valence-electron chi connectivity index (χ4n) is 8.77. The first kappa shape index (κ1) is 33.4. The molecule has 0 aliphatic heterocycles. The van der Waals surface area contributed by atoms with Crippen LogP contribution in [0.4, 0.5) is 0 Å². The minimum Gasteiger partial charge on any atom is -0.456 e. The molecule has 12 rings (SSSR count). The fraction of sp³-hybridized carbons (Fsp3) is 0.0370. The number of para-hydroxylation sites is 1. The van der Waals surface area contributed by atoms with E-state index in [9.17, 15) is 0 Å². The summed E-state index contributed by atoms with van der Waals surface area (Å²) in [6.45, 7) is 0. The maximum absolute atomic E-state index is 6.53. The summed E-state index contributed by atoms with van der Waals surface area (Å²) < 4.78 is 6.53. The molecule has 0 amide bonds. The third-order valence-electron chi connectivity index (χ3n) is 11.7. The average Bonchev–Trinajstić information content (AvgIpc) is 3.69. The highest BCUT2D eigenvalue weighted by atomic mass is 16.3. The highest BCUT2D eigenvalue weighted by molar-refractivity contribution is 6.28. The first-order valence-corrected chi connectivity index (χ1v) is 20.1. The molecule has 0 unspecified atom stereocenters. The smallest absolute Gasteiger partial charge is 0.164 e. The van der Waals surface area contributed by atoms with E-state index in [4.69, 9.17) is 24.4 Å². The molecule has 5 nitrogen and oxygen atoms in total. The Morgan fingerprint density at radius 2 is 1.08 bits per heavy atom. The van der Waals surface area contributed by atoms with Crippen LogP contribution in [0.3, 0.4) is 0 Å². The van der Waals surface area contributed by atoms with Gasteiger partial charge in [-0.1, -0.05) is 140 Å². The summed E-state index contributed by atoms with van der Waals surface area (Å²) in [5.41, 5.74) is 12.4. The molecular weight excluding hydrogens is 721 g/mol. The third kappa shape index (κ3) is 5.70. The van der Waals surface area contributed by atoms with Crippen molar-refractivity contribution in [1.82, 2.24) is 19.9 Å². The molecule has 1 aliphatic rings. The first-order chi connectivity index (χ1) is 29.2. The molecule has 276 valence electrons. The molecule has 0 spiro atoms. The minimum atomic E-state index is 0.635. The van der Waals surface area contributed by atoms with E-state index in [1.807, 2.05) is 6.07 Å². The predicted molar refractivity (Wildman–Crippen MR) is 242 cm³/mol. The van der Waals surface area contributed by atoms with Gasteiger partial charge in [0.05, 0.1) is 11.2 Å². The van der Waals surface area contributed by atoms with Gasteiger partial charge in [-0.15, -0.1) is 0 Å². The molecule has 0 saturated heterocycles. The Morgan fingerprint density at radius 1 is 0.407 bits per heavy atom. The molecule has 8 aromatic carbocycles. The number of aryl methyl sites for hydroxylation is 1. The van der Waals surface area contributed by atoms with Crippen molar-refractivity contribution in [3.05, 3.63) is 187 Å². The van der Waals surface area contributed by atoms with Gasteiger partial charge < -0.3 is 4.42 Å². The van der Waals surface area contributed by atoms with Crippen LogP contribution in [0.25, 0.3) is 117 Å². The summed E-state index contributed by atoms with van der Waals surface area (Å²) in [5.74, 6) is 1.94.